The van der Waals surface area contributed by atoms with E-state index in [1.54, 1.807) is 0 Å². The molecule has 0 aliphatic carbocycles. The van der Waals surface area contributed by atoms with Crippen LogP contribution in [0.2, 0.25) is 0 Å². The molecule has 1 aromatic rings. The van der Waals surface area contributed by atoms with Crippen molar-refractivity contribution in [1.82, 2.24) is 0 Å². The number of aryl methyl sites for hydroxylation is 1. The number of hydrogen-bond acceptors (Lipinski definition) is 3. The lowest BCUT2D eigenvalue weighted by molar-refractivity contribution is -0.140. The van der Waals surface area contributed by atoms with Crippen molar-refractivity contribution in [3.63, 3.8) is 0 Å². The summed E-state index contributed by atoms with van der Waals surface area (Å²) in [6.07, 6.45) is -2.83. The van der Waals surface area contributed by atoms with Gasteiger partial charge in [-0.1, -0.05) is 18.2 Å². The van der Waals surface area contributed by atoms with E-state index in [2.05, 4.69) is 4.74 Å². The van der Waals surface area contributed by atoms with Gasteiger partial charge in [-0.05, 0) is 17.5 Å². The molecule has 4 nitrogen and oxygen atoms in total. The number of carboxylic acid groups (broad SMARTS) is 1. The number of benzene rings is 1. The fraction of sp³-hybridized carbons (Fsp3) is 0.385. The Bertz CT molecular complexity index is 472. The van der Waals surface area contributed by atoms with Gasteiger partial charge in [-0.25, -0.2) is 8.78 Å². The van der Waals surface area contributed by atoms with Crippen LogP contribution in [-0.2, 0) is 27.2 Å². The van der Waals surface area contributed by atoms with Crippen LogP contribution in [0.3, 0.4) is 0 Å². The number of hydrogen-bond donors (Lipinski definition) is 1. The fourth-order valence-electron chi connectivity index (χ4n) is 1.71. The predicted octanol–water partition coefficient (Wildman–Crippen LogP) is 2.36. The molecule has 104 valence electrons. The summed E-state index contributed by atoms with van der Waals surface area (Å²) >= 11 is 0. The Labute approximate surface area is 109 Å². The summed E-state index contributed by atoms with van der Waals surface area (Å²) in [5.74, 6) is -1.53. The summed E-state index contributed by atoms with van der Waals surface area (Å²) < 4.78 is 30.0. The molecule has 0 spiro atoms. The van der Waals surface area contributed by atoms with Crippen LogP contribution in [0.4, 0.5) is 8.78 Å². The number of carbonyl (C=O) groups is 2. The molecule has 6 heteroatoms. The van der Waals surface area contributed by atoms with Crippen LogP contribution in [0.15, 0.2) is 18.2 Å². The second-order valence-corrected chi connectivity index (χ2v) is 3.98. The minimum atomic E-state index is -2.66. The van der Waals surface area contributed by atoms with Gasteiger partial charge in [0.25, 0.3) is 6.43 Å². The number of aliphatic carboxylic acids is 1. The van der Waals surface area contributed by atoms with Gasteiger partial charge in [0.1, 0.15) is 0 Å². The van der Waals surface area contributed by atoms with Crippen molar-refractivity contribution in [2.45, 2.75) is 25.7 Å². The van der Waals surface area contributed by atoms with E-state index in [0.717, 1.165) is 0 Å². The van der Waals surface area contributed by atoms with E-state index in [4.69, 9.17) is 5.11 Å². The molecular weight excluding hydrogens is 258 g/mol. The third-order valence-corrected chi connectivity index (χ3v) is 2.62. The number of rotatable bonds is 6. The van der Waals surface area contributed by atoms with Crippen LogP contribution in [0.1, 0.15) is 29.5 Å². The Hall–Kier alpha value is -1.98. The molecule has 1 N–H and O–H groups in total. The zero-order valence-corrected chi connectivity index (χ0v) is 10.4. The molecule has 0 atom stereocenters. The van der Waals surface area contributed by atoms with Gasteiger partial charge in [-0.15, -0.1) is 0 Å². The molecule has 0 radical (unpaired) electrons. The Kier molecular flexibility index (Phi) is 5.41. The van der Waals surface area contributed by atoms with Crippen LogP contribution in [-0.4, -0.2) is 24.2 Å². The third kappa shape index (κ3) is 4.65. The quantitative estimate of drug-likeness (QED) is 0.807. The largest absolute Gasteiger partial charge is 0.481 e. The van der Waals surface area contributed by atoms with Crippen molar-refractivity contribution < 1.29 is 28.2 Å². The SMILES string of the molecule is COC(=O)CCc1cc(CC(=O)O)ccc1C(F)F. The van der Waals surface area contributed by atoms with E-state index >= 15 is 0 Å². The van der Waals surface area contributed by atoms with Gasteiger partial charge in [-0.2, -0.15) is 0 Å². The average Bonchev–Trinajstić information content (AvgIpc) is 2.34. The summed E-state index contributed by atoms with van der Waals surface area (Å²) in [5.41, 5.74) is 0.522. The first-order valence-electron chi connectivity index (χ1n) is 5.62. The molecule has 0 saturated carbocycles. The summed E-state index contributed by atoms with van der Waals surface area (Å²) in [6.45, 7) is 0. The van der Waals surface area contributed by atoms with Crippen molar-refractivity contribution >= 4 is 11.9 Å². The molecule has 0 aromatic heterocycles. The first-order chi connectivity index (χ1) is 8.93. The molecule has 1 rings (SSSR count). The number of esters is 1. The number of ether oxygens (including phenoxy) is 1. The maximum Gasteiger partial charge on any atom is 0.307 e. The second kappa shape index (κ2) is 6.82. The summed E-state index contributed by atoms with van der Waals surface area (Å²) in [5, 5.41) is 8.67. The number of methoxy groups -OCH3 is 1. The lowest BCUT2D eigenvalue weighted by Crippen LogP contribution is -2.06. The topological polar surface area (TPSA) is 63.6 Å². The molecule has 0 aliphatic rings. The molecular formula is C13H14F2O4. The van der Waals surface area contributed by atoms with Crippen LogP contribution in [0.5, 0.6) is 0 Å². The normalized spacial score (nSPS) is 10.5. The fourth-order valence-corrected chi connectivity index (χ4v) is 1.71. The number of halogens is 2. The van der Waals surface area contributed by atoms with Crippen LogP contribution >= 0.6 is 0 Å². The lowest BCUT2D eigenvalue weighted by Gasteiger charge is -2.10. The van der Waals surface area contributed by atoms with Gasteiger partial charge in [0, 0.05) is 12.0 Å². The van der Waals surface area contributed by atoms with Crippen molar-refractivity contribution in [3.8, 4) is 0 Å². The Morgan fingerprint density at radius 1 is 1.37 bits per heavy atom. The van der Waals surface area contributed by atoms with Crippen molar-refractivity contribution in [2.75, 3.05) is 7.11 Å². The molecule has 1 aromatic carbocycles. The van der Waals surface area contributed by atoms with Gasteiger partial charge in [0.2, 0.25) is 0 Å². The van der Waals surface area contributed by atoms with E-state index in [-0.39, 0.29) is 30.4 Å². The van der Waals surface area contributed by atoms with E-state index in [9.17, 15) is 18.4 Å². The molecule has 19 heavy (non-hydrogen) atoms. The standard InChI is InChI=1S/C13H14F2O4/c1-19-12(18)5-3-9-6-8(7-11(16)17)2-4-10(9)13(14)15/h2,4,6,13H,3,5,7H2,1H3,(H,16,17). The van der Waals surface area contributed by atoms with Crippen LogP contribution in [0, 0.1) is 0 Å². The average molecular weight is 272 g/mol. The molecule has 0 fully saturated rings. The zero-order valence-electron chi connectivity index (χ0n) is 10.4. The smallest absolute Gasteiger partial charge is 0.307 e. The molecule has 0 amide bonds. The van der Waals surface area contributed by atoms with E-state index in [0.29, 0.717) is 5.56 Å². The molecule has 0 unspecified atom stereocenters. The maximum absolute atomic E-state index is 12.8. The van der Waals surface area contributed by atoms with Crippen molar-refractivity contribution in [2.24, 2.45) is 0 Å². The van der Waals surface area contributed by atoms with Crippen LogP contribution in [0.25, 0.3) is 0 Å². The number of alkyl halides is 2. The lowest BCUT2D eigenvalue weighted by atomic mass is 9.99. The Balaban J connectivity index is 2.94. The first-order valence-corrected chi connectivity index (χ1v) is 5.62. The summed E-state index contributed by atoms with van der Waals surface area (Å²) in [6, 6.07) is 3.96. The van der Waals surface area contributed by atoms with Gasteiger partial charge >= 0.3 is 11.9 Å². The summed E-state index contributed by atoms with van der Waals surface area (Å²) in [7, 11) is 1.22. The van der Waals surface area contributed by atoms with Gasteiger partial charge in [-0.3, -0.25) is 9.59 Å². The Morgan fingerprint density at radius 2 is 2.05 bits per heavy atom. The molecule has 0 aliphatic heterocycles. The Morgan fingerprint density at radius 3 is 2.58 bits per heavy atom. The first kappa shape index (κ1) is 15.1. The van der Waals surface area contributed by atoms with E-state index < -0.39 is 18.4 Å². The highest BCUT2D eigenvalue weighted by atomic mass is 19.3. The molecule has 0 bridgehead atoms. The van der Waals surface area contributed by atoms with Gasteiger partial charge in [0.05, 0.1) is 13.5 Å². The molecule has 0 saturated heterocycles. The number of carboxylic acids is 1. The highest BCUT2D eigenvalue weighted by Crippen LogP contribution is 2.25. The van der Waals surface area contributed by atoms with Gasteiger partial charge in [0.15, 0.2) is 0 Å². The number of carbonyl (C=O) groups excluding carboxylic acids is 1. The van der Waals surface area contributed by atoms with Crippen molar-refractivity contribution in [3.05, 3.63) is 34.9 Å². The monoisotopic (exact) mass is 272 g/mol. The zero-order chi connectivity index (χ0) is 14.4. The van der Waals surface area contributed by atoms with Gasteiger partial charge < -0.3 is 9.84 Å². The van der Waals surface area contributed by atoms with E-state index in [1.807, 2.05) is 0 Å². The highest BCUT2D eigenvalue weighted by molar-refractivity contribution is 5.71. The third-order valence-electron chi connectivity index (χ3n) is 2.62. The van der Waals surface area contributed by atoms with E-state index in [1.165, 1.54) is 25.3 Å². The van der Waals surface area contributed by atoms with Crippen molar-refractivity contribution in [1.29, 1.82) is 0 Å². The maximum atomic E-state index is 12.8. The predicted molar refractivity (Wildman–Crippen MR) is 63.1 cm³/mol. The molecule has 0 heterocycles. The highest BCUT2D eigenvalue weighted by Gasteiger charge is 2.15. The minimum Gasteiger partial charge on any atom is -0.481 e. The van der Waals surface area contributed by atoms with Crippen LogP contribution < -0.4 is 0 Å². The minimum absolute atomic E-state index is 0.0211. The second-order valence-electron chi connectivity index (χ2n) is 3.98. The summed E-state index contributed by atoms with van der Waals surface area (Å²) in [4.78, 5) is 21.6.